The number of hydrogen-bond donors (Lipinski definition) is 3. The molecular formula is C21H26F3N3O2. The van der Waals surface area contributed by atoms with Crippen molar-refractivity contribution in [3.05, 3.63) is 65.7 Å². The first-order valence-electron chi connectivity index (χ1n) is 9.29. The molecule has 0 fully saturated rings. The van der Waals surface area contributed by atoms with Gasteiger partial charge in [-0.15, -0.1) is 0 Å². The predicted molar refractivity (Wildman–Crippen MR) is 107 cm³/mol. The fraction of sp³-hybridized carbons (Fsp3) is 0.381. The number of ether oxygens (including phenoxy) is 1. The molecule has 0 spiro atoms. The van der Waals surface area contributed by atoms with Crippen LogP contribution in [0.25, 0.3) is 0 Å². The van der Waals surface area contributed by atoms with Crippen molar-refractivity contribution in [1.29, 1.82) is 0 Å². The SMILES string of the molecule is CCNC(=NCc1ccccc1OCC(F)(F)F)NCC(C)(O)c1ccccc1. The highest BCUT2D eigenvalue weighted by molar-refractivity contribution is 5.79. The average molecular weight is 409 g/mol. The summed E-state index contributed by atoms with van der Waals surface area (Å²) in [4.78, 5) is 4.41. The van der Waals surface area contributed by atoms with Crippen molar-refractivity contribution in [2.45, 2.75) is 32.2 Å². The molecule has 0 aliphatic heterocycles. The Labute approximate surface area is 168 Å². The molecule has 5 nitrogen and oxygen atoms in total. The molecule has 2 aromatic carbocycles. The first-order valence-corrected chi connectivity index (χ1v) is 9.29. The first kappa shape index (κ1) is 22.5. The Morgan fingerprint density at radius 3 is 2.34 bits per heavy atom. The molecule has 1 atom stereocenters. The maximum atomic E-state index is 12.4. The summed E-state index contributed by atoms with van der Waals surface area (Å²) < 4.78 is 42.2. The second kappa shape index (κ2) is 10.2. The second-order valence-corrected chi connectivity index (χ2v) is 6.70. The number of aliphatic hydroxyl groups is 1. The number of nitrogens with zero attached hydrogens (tertiary/aromatic N) is 1. The minimum atomic E-state index is -4.41. The van der Waals surface area contributed by atoms with Gasteiger partial charge in [0.15, 0.2) is 12.6 Å². The van der Waals surface area contributed by atoms with Crippen LogP contribution in [-0.4, -0.2) is 36.9 Å². The summed E-state index contributed by atoms with van der Waals surface area (Å²) >= 11 is 0. The molecule has 158 valence electrons. The molecule has 0 heterocycles. The molecule has 0 amide bonds. The van der Waals surface area contributed by atoms with Gasteiger partial charge in [-0.25, -0.2) is 4.99 Å². The van der Waals surface area contributed by atoms with E-state index in [4.69, 9.17) is 4.74 Å². The molecule has 0 aromatic heterocycles. The number of rotatable bonds is 8. The number of benzene rings is 2. The summed E-state index contributed by atoms with van der Waals surface area (Å²) in [5.41, 5.74) is 0.170. The van der Waals surface area contributed by atoms with Crippen LogP contribution >= 0.6 is 0 Å². The fourth-order valence-corrected chi connectivity index (χ4v) is 2.60. The van der Waals surface area contributed by atoms with E-state index < -0.39 is 18.4 Å². The Kier molecular flexibility index (Phi) is 7.90. The van der Waals surface area contributed by atoms with Gasteiger partial charge in [0.1, 0.15) is 11.4 Å². The zero-order chi connectivity index (χ0) is 21.3. The zero-order valence-corrected chi connectivity index (χ0v) is 16.5. The average Bonchev–Trinajstić information content (AvgIpc) is 2.69. The van der Waals surface area contributed by atoms with Crippen molar-refractivity contribution < 1.29 is 23.0 Å². The van der Waals surface area contributed by atoms with E-state index in [1.54, 1.807) is 25.1 Å². The minimum absolute atomic E-state index is 0.122. The van der Waals surface area contributed by atoms with Gasteiger partial charge in [0.05, 0.1) is 13.1 Å². The van der Waals surface area contributed by atoms with Crippen LogP contribution in [0.1, 0.15) is 25.0 Å². The Bertz CT molecular complexity index is 793. The quantitative estimate of drug-likeness (QED) is 0.461. The van der Waals surface area contributed by atoms with Crippen LogP contribution in [0, 0.1) is 0 Å². The fourth-order valence-electron chi connectivity index (χ4n) is 2.60. The Morgan fingerprint density at radius 1 is 1.03 bits per heavy atom. The highest BCUT2D eigenvalue weighted by Gasteiger charge is 2.28. The number of hydrogen-bond acceptors (Lipinski definition) is 3. The number of guanidine groups is 1. The highest BCUT2D eigenvalue weighted by atomic mass is 19.4. The van der Waals surface area contributed by atoms with Gasteiger partial charge in [-0.2, -0.15) is 13.2 Å². The van der Waals surface area contributed by atoms with Crippen LogP contribution in [0.15, 0.2) is 59.6 Å². The van der Waals surface area contributed by atoms with E-state index in [-0.39, 0.29) is 18.8 Å². The van der Waals surface area contributed by atoms with E-state index in [2.05, 4.69) is 15.6 Å². The van der Waals surface area contributed by atoms with Crippen molar-refractivity contribution in [1.82, 2.24) is 10.6 Å². The van der Waals surface area contributed by atoms with Gasteiger partial charge in [-0.05, 0) is 25.5 Å². The maximum absolute atomic E-state index is 12.4. The number of nitrogens with one attached hydrogen (secondary N) is 2. The smallest absolute Gasteiger partial charge is 0.422 e. The van der Waals surface area contributed by atoms with Crippen LogP contribution in [0.5, 0.6) is 5.75 Å². The molecule has 0 bridgehead atoms. The van der Waals surface area contributed by atoms with Crippen molar-refractivity contribution in [3.8, 4) is 5.75 Å². The van der Waals surface area contributed by atoms with Crippen LogP contribution in [0.2, 0.25) is 0 Å². The topological polar surface area (TPSA) is 65.9 Å². The molecule has 0 aliphatic rings. The Balaban J connectivity index is 2.06. The standard InChI is InChI=1S/C21H26F3N3O2/c1-3-25-19(27-14-20(2,28)17-10-5-4-6-11-17)26-13-16-9-7-8-12-18(16)29-15-21(22,23)24/h4-12,28H,3,13-15H2,1-2H3,(H2,25,26,27). The van der Waals surface area contributed by atoms with Gasteiger partial charge in [-0.3, -0.25) is 0 Å². The third kappa shape index (κ3) is 7.65. The van der Waals surface area contributed by atoms with Gasteiger partial charge >= 0.3 is 6.18 Å². The Morgan fingerprint density at radius 2 is 1.69 bits per heavy atom. The normalized spacial score (nSPS) is 14.2. The van der Waals surface area contributed by atoms with Gasteiger partial charge < -0.3 is 20.5 Å². The summed E-state index contributed by atoms with van der Waals surface area (Å²) in [5.74, 6) is 0.579. The maximum Gasteiger partial charge on any atom is 0.422 e. The van der Waals surface area contributed by atoms with E-state index >= 15 is 0 Å². The molecule has 0 saturated heterocycles. The molecule has 1 unspecified atom stereocenters. The number of alkyl halides is 3. The van der Waals surface area contributed by atoms with Crippen molar-refractivity contribution in [3.63, 3.8) is 0 Å². The van der Waals surface area contributed by atoms with E-state index in [9.17, 15) is 18.3 Å². The molecule has 0 radical (unpaired) electrons. The summed E-state index contributed by atoms with van der Waals surface area (Å²) in [6.45, 7) is 3.15. The van der Waals surface area contributed by atoms with Crippen molar-refractivity contribution in [2.75, 3.05) is 19.7 Å². The lowest BCUT2D eigenvalue weighted by Gasteiger charge is -2.25. The molecule has 0 saturated carbocycles. The number of halogens is 3. The predicted octanol–water partition coefficient (Wildman–Crippen LogP) is 3.59. The monoisotopic (exact) mass is 409 g/mol. The number of para-hydroxylation sites is 1. The van der Waals surface area contributed by atoms with E-state index in [1.807, 2.05) is 37.3 Å². The molecule has 3 N–H and O–H groups in total. The van der Waals surface area contributed by atoms with E-state index in [0.717, 1.165) is 5.56 Å². The minimum Gasteiger partial charge on any atom is -0.484 e. The molecule has 2 aromatic rings. The first-order chi connectivity index (χ1) is 13.7. The molecule has 2 rings (SSSR count). The number of aliphatic imine (C=N–C) groups is 1. The Hall–Kier alpha value is -2.74. The third-order valence-corrected chi connectivity index (χ3v) is 4.11. The van der Waals surface area contributed by atoms with Gasteiger partial charge in [0, 0.05) is 12.1 Å². The second-order valence-electron chi connectivity index (χ2n) is 6.70. The summed E-state index contributed by atoms with van der Waals surface area (Å²) in [6.07, 6.45) is -4.41. The zero-order valence-electron chi connectivity index (χ0n) is 16.5. The summed E-state index contributed by atoms with van der Waals surface area (Å²) in [5, 5.41) is 16.8. The molecule has 8 heteroatoms. The van der Waals surface area contributed by atoms with Crippen LogP contribution in [0.4, 0.5) is 13.2 Å². The largest absolute Gasteiger partial charge is 0.484 e. The van der Waals surface area contributed by atoms with Crippen LogP contribution in [-0.2, 0) is 12.1 Å². The van der Waals surface area contributed by atoms with E-state index in [0.29, 0.717) is 18.1 Å². The lowest BCUT2D eigenvalue weighted by Crippen LogP contribution is -2.44. The summed E-state index contributed by atoms with van der Waals surface area (Å²) in [6, 6.07) is 15.7. The molecular weight excluding hydrogens is 383 g/mol. The highest BCUT2D eigenvalue weighted by Crippen LogP contribution is 2.23. The lowest BCUT2D eigenvalue weighted by atomic mass is 9.96. The van der Waals surface area contributed by atoms with Crippen LogP contribution < -0.4 is 15.4 Å². The molecule has 0 aliphatic carbocycles. The van der Waals surface area contributed by atoms with E-state index in [1.165, 1.54) is 6.07 Å². The summed E-state index contributed by atoms with van der Waals surface area (Å²) in [7, 11) is 0. The van der Waals surface area contributed by atoms with Gasteiger partial charge in [0.2, 0.25) is 0 Å². The van der Waals surface area contributed by atoms with Crippen molar-refractivity contribution >= 4 is 5.96 Å². The lowest BCUT2D eigenvalue weighted by molar-refractivity contribution is -0.153. The van der Waals surface area contributed by atoms with Crippen molar-refractivity contribution in [2.24, 2.45) is 4.99 Å². The molecule has 29 heavy (non-hydrogen) atoms. The van der Waals surface area contributed by atoms with Gasteiger partial charge in [0.25, 0.3) is 0 Å². The van der Waals surface area contributed by atoms with Crippen LogP contribution in [0.3, 0.4) is 0 Å². The van der Waals surface area contributed by atoms with Gasteiger partial charge in [-0.1, -0.05) is 48.5 Å². The third-order valence-electron chi connectivity index (χ3n) is 4.11.